The lowest BCUT2D eigenvalue weighted by Gasteiger charge is -2.19. The third-order valence-electron chi connectivity index (χ3n) is 6.33. The fourth-order valence-electron chi connectivity index (χ4n) is 4.47. The van der Waals surface area contributed by atoms with Gasteiger partial charge in [0.25, 0.3) is 5.91 Å². The maximum atomic E-state index is 13.4. The molecule has 1 amide bonds. The van der Waals surface area contributed by atoms with E-state index in [0.717, 1.165) is 40.9 Å². The van der Waals surface area contributed by atoms with Crippen LogP contribution in [-0.4, -0.2) is 19.0 Å². The molecule has 1 heterocycles. The molecular formula is C30H25F3N2O2. The quantitative estimate of drug-likeness (QED) is 0.297. The van der Waals surface area contributed by atoms with Gasteiger partial charge in [0.2, 0.25) is 0 Å². The minimum atomic E-state index is -4.51. The van der Waals surface area contributed by atoms with E-state index in [0.29, 0.717) is 23.4 Å². The Balaban J connectivity index is 1.42. The number of carbonyl (C=O) groups excluding carboxylic acids is 1. The van der Waals surface area contributed by atoms with Crippen molar-refractivity contribution in [3.63, 3.8) is 0 Å². The van der Waals surface area contributed by atoms with Gasteiger partial charge < -0.3 is 15.4 Å². The van der Waals surface area contributed by atoms with E-state index in [4.69, 9.17) is 4.74 Å². The average Bonchev–Trinajstić information content (AvgIpc) is 2.92. The fraction of sp³-hybridized carbons (Fsp3) is 0.167. The number of carbonyl (C=O) groups is 1. The monoisotopic (exact) mass is 502 g/mol. The lowest BCUT2D eigenvalue weighted by Crippen LogP contribution is -2.21. The Morgan fingerprint density at radius 1 is 0.919 bits per heavy atom. The van der Waals surface area contributed by atoms with Crippen LogP contribution in [0.2, 0.25) is 0 Å². The molecule has 0 unspecified atom stereocenters. The summed E-state index contributed by atoms with van der Waals surface area (Å²) in [5.74, 6) is -0.477. The van der Waals surface area contributed by atoms with Gasteiger partial charge in [0, 0.05) is 17.8 Å². The number of hydrogen-bond donors (Lipinski definition) is 2. The van der Waals surface area contributed by atoms with Crippen LogP contribution in [0.5, 0.6) is 5.75 Å². The van der Waals surface area contributed by atoms with Gasteiger partial charge in [-0.15, -0.1) is 0 Å². The van der Waals surface area contributed by atoms with Crippen molar-refractivity contribution >= 4 is 27.9 Å². The Bertz CT molecular complexity index is 1480. The highest BCUT2D eigenvalue weighted by Gasteiger charge is 2.34. The molecule has 4 aromatic rings. The topological polar surface area (TPSA) is 50.4 Å². The van der Waals surface area contributed by atoms with Crippen LogP contribution in [0.25, 0.3) is 16.3 Å². The van der Waals surface area contributed by atoms with Crippen molar-refractivity contribution in [3.8, 4) is 5.75 Å². The van der Waals surface area contributed by atoms with Gasteiger partial charge in [-0.1, -0.05) is 54.6 Å². The molecule has 0 aliphatic carbocycles. The van der Waals surface area contributed by atoms with Crippen molar-refractivity contribution in [2.24, 2.45) is 0 Å². The van der Waals surface area contributed by atoms with E-state index in [2.05, 4.69) is 10.6 Å². The second-order valence-electron chi connectivity index (χ2n) is 8.86. The van der Waals surface area contributed by atoms with Crippen molar-refractivity contribution in [1.29, 1.82) is 0 Å². The second-order valence-corrected chi connectivity index (χ2v) is 8.86. The Kier molecular flexibility index (Phi) is 6.97. The standard InChI is InChI=1S/C30H25F3N2O2/c31-30(32,33)27-7-3-4-8-28(27)37-19-20-9-12-25(26(17-20)22-13-15-34-16-14-22)29(36)35-24-11-10-21-5-1-2-6-23(21)18-24/h1-13,17-18,34H,14-16,19H2,(H,35,36). The summed E-state index contributed by atoms with van der Waals surface area (Å²) in [6, 6.07) is 24.1. The number of hydrogen-bond acceptors (Lipinski definition) is 3. The SMILES string of the molecule is O=C(Nc1ccc2ccccc2c1)c1ccc(COc2ccccc2C(F)(F)F)cc1C1=CCNCC1. The summed E-state index contributed by atoms with van der Waals surface area (Å²) in [6.45, 7) is 1.40. The number of ether oxygens (including phenoxy) is 1. The number of para-hydroxylation sites is 1. The summed E-state index contributed by atoms with van der Waals surface area (Å²) in [4.78, 5) is 13.3. The van der Waals surface area contributed by atoms with Gasteiger partial charge in [0.15, 0.2) is 0 Å². The minimum absolute atomic E-state index is 0.0573. The van der Waals surface area contributed by atoms with Crippen LogP contribution in [0.1, 0.15) is 33.5 Å². The number of benzene rings is 4. The highest BCUT2D eigenvalue weighted by Crippen LogP contribution is 2.36. The number of alkyl halides is 3. The van der Waals surface area contributed by atoms with E-state index in [-0.39, 0.29) is 18.3 Å². The third-order valence-corrected chi connectivity index (χ3v) is 6.33. The molecule has 37 heavy (non-hydrogen) atoms. The molecule has 4 aromatic carbocycles. The first kappa shape index (κ1) is 24.6. The van der Waals surface area contributed by atoms with Crippen LogP contribution in [0, 0.1) is 0 Å². The summed E-state index contributed by atoms with van der Waals surface area (Å²) in [7, 11) is 0. The number of halogens is 3. The highest BCUT2D eigenvalue weighted by molar-refractivity contribution is 6.08. The molecule has 0 spiro atoms. The number of anilines is 1. The molecule has 2 N–H and O–H groups in total. The van der Waals surface area contributed by atoms with Gasteiger partial charge in [-0.2, -0.15) is 13.2 Å². The van der Waals surface area contributed by atoms with Crippen LogP contribution in [0.4, 0.5) is 18.9 Å². The normalized spacial score (nSPS) is 13.8. The van der Waals surface area contributed by atoms with Crippen molar-refractivity contribution < 1.29 is 22.7 Å². The number of nitrogens with one attached hydrogen (secondary N) is 2. The van der Waals surface area contributed by atoms with E-state index < -0.39 is 11.7 Å². The summed E-state index contributed by atoms with van der Waals surface area (Å²) < 4.78 is 45.6. The maximum Gasteiger partial charge on any atom is 0.419 e. The molecule has 7 heteroatoms. The van der Waals surface area contributed by atoms with E-state index in [1.807, 2.05) is 54.6 Å². The van der Waals surface area contributed by atoms with Crippen LogP contribution in [0.3, 0.4) is 0 Å². The molecule has 4 nitrogen and oxygen atoms in total. The van der Waals surface area contributed by atoms with Crippen LogP contribution >= 0.6 is 0 Å². The van der Waals surface area contributed by atoms with Gasteiger partial charge >= 0.3 is 6.18 Å². The van der Waals surface area contributed by atoms with E-state index >= 15 is 0 Å². The van der Waals surface area contributed by atoms with Gasteiger partial charge in [0.05, 0.1) is 5.56 Å². The zero-order valence-corrected chi connectivity index (χ0v) is 19.9. The predicted molar refractivity (Wildman–Crippen MR) is 140 cm³/mol. The Hall–Kier alpha value is -4.10. The molecule has 0 fully saturated rings. The van der Waals surface area contributed by atoms with Crippen LogP contribution < -0.4 is 15.4 Å². The summed E-state index contributed by atoms with van der Waals surface area (Å²) in [6.07, 6.45) is -1.74. The molecule has 0 atom stereocenters. The number of rotatable bonds is 6. The number of fused-ring (bicyclic) bond motifs is 1. The number of amides is 1. The summed E-state index contributed by atoms with van der Waals surface area (Å²) in [5, 5.41) is 8.36. The fourth-order valence-corrected chi connectivity index (χ4v) is 4.47. The Morgan fingerprint density at radius 2 is 1.70 bits per heavy atom. The van der Waals surface area contributed by atoms with Gasteiger partial charge in [0.1, 0.15) is 12.4 Å². The average molecular weight is 503 g/mol. The second kappa shape index (κ2) is 10.5. The summed E-state index contributed by atoms with van der Waals surface area (Å²) >= 11 is 0. The summed E-state index contributed by atoms with van der Waals surface area (Å²) in [5.41, 5.74) is 2.81. The van der Waals surface area contributed by atoms with Crippen LogP contribution in [0.15, 0.2) is 91.0 Å². The molecular weight excluding hydrogens is 477 g/mol. The first-order valence-corrected chi connectivity index (χ1v) is 12.0. The van der Waals surface area contributed by atoms with Crippen LogP contribution in [-0.2, 0) is 12.8 Å². The van der Waals surface area contributed by atoms with Crippen molar-refractivity contribution in [2.45, 2.75) is 19.2 Å². The van der Waals surface area contributed by atoms with Crippen molar-refractivity contribution in [3.05, 3.63) is 113 Å². The zero-order valence-electron chi connectivity index (χ0n) is 19.9. The largest absolute Gasteiger partial charge is 0.488 e. The smallest absolute Gasteiger partial charge is 0.419 e. The van der Waals surface area contributed by atoms with Gasteiger partial charge in [-0.05, 0) is 76.8 Å². The van der Waals surface area contributed by atoms with Crippen molar-refractivity contribution in [1.82, 2.24) is 5.32 Å². The molecule has 188 valence electrons. The molecule has 5 rings (SSSR count). The Morgan fingerprint density at radius 3 is 2.49 bits per heavy atom. The van der Waals surface area contributed by atoms with Gasteiger partial charge in [-0.3, -0.25) is 4.79 Å². The van der Waals surface area contributed by atoms with Crippen molar-refractivity contribution in [2.75, 3.05) is 18.4 Å². The lowest BCUT2D eigenvalue weighted by atomic mass is 9.93. The first-order chi connectivity index (χ1) is 17.9. The highest BCUT2D eigenvalue weighted by atomic mass is 19.4. The van der Waals surface area contributed by atoms with E-state index in [1.54, 1.807) is 12.1 Å². The molecule has 0 saturated heterocycles. The van der Waals surface area contributed by atoms with Gasteiger partial charge in [-0.25, -0.2) is 0 Å². The van der Waals surface area contributed by atoms with E-state index in [9.17, 15) is 18.0 Å². The predicted octanol–water partition coefficient (Wildman–Crippen LogP) is 7.07. The molecule has 1 aliphatic heterocycles. The molecule has 0 bridgehead atoms. The molecule has 0 aromatic heterocycles. The molecule has 0 saturated carbocycles. The van der Waals surface area contributed by atoms with E-state index in [1.165, 1.54) is 18.2 Å². The first-order valence-electron chi connectivity index (χ1n) is 12.0. The Labute approximate surface area is 212 Å². The molecule has 1 aliphatic rings. The molecule has 0 radical (unpaired) electrons. The lowest BCUT2D eigenvalue weighted by molar-refractivity contribution is -0.139. The maximum absolute atomic E-state index is 13.4. The minimum Gasteiger partial charge on any atom is -0.488 e. The third kappa shape index (κ3) is 5.67. The zero-order chi connectivity index (χ0) is 25.8.